The van der Waals surface area contributed by atoms with Gasteiger partial charge in [0.2, 0.25) is 5.91 Å². The van der Waals surface area contributed by atoms with Crippen LogP contribution in [0.25, 0.3) is 0 Å². The molecule has 102 valence electrons. The topological polar surface area (TPSA) is 63.3 Å². The highest BCUT2D eigenvalue weighted by atomic mass is 16.3. The molecule has 1 aromatic carbocycles. The second kappa shape index (κ2) is 6.96. The van der Waals surface area contributed by atoms with Gasteiger partial charge in [-0.15, -0.1) is 0 Å². The van der Waals surface area contributed by atoms with Crippen molar-refractivity contribution in [1.82, 2.24) is 0 Å². The summed E-state index contributed by atoms with van der Waals surface area (Å²) in [6.07, 6.45) is 2.18. The molecule has 3 N–H and O–H groups in total. The van der Waals surface area contributed by atoms with Crippen molar-refractivity contribution in [2.24, 2.45) is 5.73 Å². The van der Waals surface area contributed by atoms with Gasteiger partial charge in [0.1, 0.15) is 5.60 Å². The zero-order chi connectivity index (χ0) is 14.3. The van der Waals surface area contributed by atoms with Crippen LogP contribution in [0, 0.1) is 11.8 Å². The Balaban J connectivity index is 2.83. The SMILES string of the molecule is CCC(O)(C#Cc1cccc(CCC(N)=O)c1)CC. The molecule has 3 heteroatoms. The standard InChI is InChI=1S/C16H21NO2/c1-3-16(19,4-2)11-10-14-7-5-6-13(12-14)8-9-15(17)18/h5-7,12,19H,3-4,8-9H2,1-2H3,(H2,17,18). The maximum Gasteiger partial charge on any atom is 0.217 e. The van der Waals surface area contributed by atoms with Gasteiger partial charge < -0.3 is 10.8 Å². The van der Waals surface area contributed by atoms with E-state index in [1.54, 1.807) is 0 Å². The zero-order valence-corrected chi connectivity index (χ0v) is 11.6. The maximum atomic E-state index is 10.8. The van der Waals surface area contributed by atoms with Crippen LogP contribution in [0.3, 0.4) is 0 Å². The fraction of sp³-hybridized carbons (Fsp3) is 0.438. The van der Waals surface area contributed by atoms with Crippen LogP contribution in [0.5, 0.6) is 0 Å². The number of rotatable bonds is 5. The van der Waals surface area contributed by atoms with Crippen LogP contribution in [0.4, 0.5) is 0 Å². The van der Waals surface area contributed by atoms with E-state index in [-0.39, 0.29) is 5.91 Å². The molecule has 0 aromatic heterocycles. The third kappa shape index (κ3) is 5.15. The molecule has 3 nitrogen and oxygen atoms in total. The molecule has 0 bridgehead atoms. The highest BCUT2D eigenvalue weighted by Crippen LogP contribution is 2.13. The van der Waals surface area contributed by atoms with E-state index in [2.05, 4.69) is 11.8 Å². The number of hydrogen-bond acceptors (Lipinski definition) is 2. The summed E-state index contributed by atoms with van der Waals surface area (Å²) in [6.45, 7) is 3.84. The second-order valence-electron chi connectivity index (χ2n) is 4.66. The van der Waals surface area contributed by atoms with E-state index in [0.717, 1.165) is 11.1 Å². The van der Waals surface area contributed by atoms with Gasteiger partial charge in [-0.2, -0.15) is 0 Å². The van der Waals surface area contributed by atoms with Crippen molar-refractivity contribution >= 4 is 5.91 Å². The lowest BCUT2D eigenvalue weighted by molar-refractivity contribution is -0.117. The molecule has 0 fully saturated rings. The number of amides is 1. The Bertz CT molecular complexity index is 493. The minimum atomic E-state index is -0.913. The summed E-state index contributed by atoms with van der Waals surface area (Å²) >= 11 is 0. The molecule has 0 radical (unpaired) electrons. The van der Waals surface area contributed by atoms with E-state index in [4.69, 9.17) is 5.73 Å². The summed E-state index contributed by atoms with van der Waals surface area (Å²) in [7, 11) is 0. The number of nitrogens with two attached hydrogens (primary N) is 1. The van der Waals surface area contributed by atoms with Crippen molar-refractivity contribution in [1.29, 1.82) is 0 Å². The van der Waals surface area contributed by atoms with E-state index >= 15 is 0 Å². The number of aliphatic hydroxyl groups is 1. The van der Waals surface area contributed by atoms with Gasteiger partial charge in [0.15, 0.2) is 0 Å². The quantitative estimate of drug-likeness (QED) is 0.794. The molecular weight excluding hydrogens is 238 g/mol. The average molecular weight is 259 g/mol. The van der Waals surface area contributed by atoms with Crippen LogP contribution < -0.4 is 5.73 Å². The molecule has 1 aromatic rings. The van der Waals surface area contributed by atoms with Crippen molar-refractivity contribution < 1.29 is 9.90 Å². The van der Waals surface area contributed by atoms with Crippen LogP contribution in [0.1, 0.15) is 44.2 Å². The molecule has 0 aliphatic carbocycles. The van der Waals surface area contributed by atoms with Gasteiger partial charge in [0.25, 0.3) is 0 Å². The Hall–Kier alpha value is -1.79. The summed E-state index contributed by atoms with van der Waals surface area (Å²) in [5, 5.41) is 10.1. The molecule has 19 heavy (non-hydrogen) atoms. The van der Waals surface area contributed by atoms with Gasteiger partial charge in [0.05, 0.1) is 0 Å². The first-order valence-electron chi connectivity index (χ1n) is 6.62. The van der Waals surface area contributed by atoms with Crippen molar-refractivity contribution in [2.75, 3.05) is 0 Å². The lowest BCUT2D eigenvalue weighted by Gasteiger charge is -2.17. The average Bonchev–Trinajstić information content (AvgIpc) is 2.43. The number of benzene rings is 1. The van der Waals surface area contributed by atoms with Gasteiger partial charge in [-0.3, -0.25) is 4.79 Å². The molecule has 0 saturated carbocycles. The van der Waals surface area contributed by atoms with Crippen LogP contribution >= 0.6 is 0 Å². The molecule has 0 heterocycles. The number of carbonyl (C=O) groups excluding carboxylic acids is 1. The molecule has 0 spiro atoms. The Labute approximate surface area is 114 Å². The minimum absolute atomic E-state index is 0.303. The highest BCUT2D eigenvalue weighted by Gasteiger charge is 2.17. The van der Waals surface area contributed by atoms with Gasteiger partial charge >= 0.3 is 0 Å². The van der Waals surface area contributed by atoms with Gasteiger partial charge in [-0.25, -0.2) is 0 Å². The first-order chi connectivity index (χ1) is 8.99. The van der Waals surface area contributed by atoms with Gasteiger partial charge in [0, 0.05) is 12.0 Å². The van der Waals surface area contributed by atoms with E-state index in [1.807, 2.05) is 38.1 Å². The molecule has 0 aliphatic heterocycles. The van der Waals surface area contributed by atoms with Gasteiger partial charge in [-0.05, 0) is 37.0 Å². The Kier molecular flexibility index (Phi) is 5.59. The Morgan fingerprint density at radius 1 is 1.37 bits per heavy atom. The lowest BCUT2D eigenvalue weighted by Crippen LogP contribution is -2.23. The predicted molar refractivity (Wildman–Crippen MR) is 76.4 cm³/mol. The molecule has 0 aliphatic rings. The highest BCUT2D eigenvalue weighted by molar-refractivity contribution is 5.74. The summed E-state index contributed by atoms with van der Waals surface area (Å²) in [5.74, 6) is 5.61. The lowest BCUT2D eigenvalue weighted by atomic mass is 9.97. The van der Waals surface area contributed by atoms with Crippen molar-refractivity contribution in [3.8, 4) is 11.8 Å². The molecule has 0 saturated heterocycles. The Morgan fingerprint density at radius 2 is 2.05 bits per heavy atom. The number of carbonyl (C=O) groups is 1. The van der Waals surface area contributed by atoms with E-state index in [9.17, 15) is 9.90 Å². The summed E-state index contributed by atoms with van der Waals surface area (Å²) in [4.78, 5) is 10.8. The third-order valence-corrected chi connectivity index (χ3v) is 3.20. The molecule has 1 amide bonds. The largest absolute Gasteiger partial charge is 0.378 e. The van der Waals surface area contributed by atoms with Crippen LogP contribution in [0.15, 0.2) is 24.3 Å². The number of aryl methyl sites for hydroxylation is 1. The van der Waals surface area contributed by atoms with Crippen molar-refractivity contribution in [2.45, 2.75) is 45.1 Å². The molecule has 0 unspecified atom stereocenters. The smallest absolute Gasteiger partial charge is 0.217 e. The van der Waals surface area contributed by atoms with Gasteiger partial charge in [-0.1, -0.05) is 37.8 Å². The third-order valence-electron chi connectivity index (χ3n) is 3.20. The number of hydrogen-bond donors (Lipinski definition) is 2. The fourth-order valence-corrected chi connectivity index (χ4v) is 1.69. The Morgan fingerprint density at radius 3 is 2.63 bits per heavy atom. The second-order valence-corrected chi connectivity index (χ2v) is 4.66. The summed E-state index contributed by atoms with van der Waals surface area (Å²) in [6, 6.07) is 7.67. The van der Waals surface area contributed by atoms with Crippen LogP contribution in [-0.4, -0.2) is 16.6 Å². The fourth-order valence-electron chi connectivity index (χ4n) is 1.69. The molecular formula is C16H21NO2. The van der Waals surface area contributed by atoms with E-state index < -0.39 is 5.60 Å². The van der Waals surface area contributed by atoms with E-state index in [1.165, 1.54) is 0 Å². The van der Waals surface area contributed by atoms with Crippen molar-refractivity contribution in [3.63, 3.8) is 0 Å². The maximum absolute atomic E-state index is 10.8. The minimum Gasteiger partial charge on any atom is -0.378 e. The summed E-state index contributed by atoms with van der Waals surface area (Å²) < 4.78 is 0. The zero-order valence-electron chi connectivity index (χ0n) is 11.6. The molecule has 1 rings (SSSR count). The summed E-state index contributed by atoms with van der Waals surface area (Å²) in [5.41, 5.74) is 6.10. The van der Waals surface area contributed by atoms with Crippen LogP contribution in [-0.2, 0) is 11.2 Å². The number of primary amides is 1. The first kappa shape index (κ1) is 15.3. The van der Waals surface area contributed by atoms with Crippen LogP contribution in [0.2, 0.25) is 0 Å². The normalized spacial score (nSPS) is 10.7. The molecule has 0 atom stereocenters. The monoisotopic (exact) mass is 259 g/mol. The van der Waals surface area contributed by atoms with Crippen molar-refractivity contribution in [3.05, 3.63) is 35.4 Å². The van der Waals surface area contributed by atoms with E-state index in [0.29, 0.717) is 25.7 Å². The first-order valence-corrected chi connectivity index (χ1v) is 6.62. The predicted octanol–water partition coefficient (Wildman–Crippen LogP) is 2.01.